The molecule has 5 nitrogen and oxygen atoms in total. The third-order valence-corrected chi connectivity index (χ3v) is 3.29. The minimum atomic E-state index is -0.549. The molecule has 0 saturated heterocycles. The molecule has 2 aromatic carbocycles. The molecule has 0 aliphatic heterocycles. The van der Waals surface area contributed by atoms with E-state index >= 15 is 0 Å². The van der Waals surface area contributed by atoms with Crippen LogP contribution in [0.25, 0.3) is 6.08 Å². The van der Waals surface area contributed by atoms with E-state index in [9.17, 15) is 9.59 Å². The van der Waals surface area contributed by atoms with Crippen LogP contribution in [0, 0.1) is 0 Å². The summed E-state index contributed by atoms with van der Waals surface area (Å²) in [5.41, 5.74) is 1.30. The Labute approximate surface area is 140 Å². The zero-order valence-electron chi connectivity index (χ0n) is 13.7. The predicted octanol–water partition coefficient (Wildman–Crippen LogP) is 3.53. The number of carbonyl (C=O) groups excluding carboxylic acids is 2. The second-order valence-corrected chi connectivity index (χ2v) is 4.95. The highest BCUT2D eigenvalue weighted by molar-refractivity contribution is 5.95. The fourth-order valence-electron chi connectivity index (χ4n) is 2.02. The van der Waals surface area contributed by atoms with Gasteiger partial charge in [0, 0.05) is 11.6 Å². The van der Waals surface area contributed by atoms with E-state index in [1.54, 1.807) is 25.3 Å². The predicted molar refractivity (Wildman–Crippen MR) is 90.7 cm³/mol. The van der Waals surface area contributed by atoms with Gasteiger partial charge in [-0.05, 0) is 48.9 Å². The number of Topliss-reactive ketones (excluding diaryl/α,β-unsaturated/α-hetero) is 1. The molecular weight excluding hydrogens is 308 g/mol. The van der Waals surface area contributed by atoms with Gasteiger partial charge >= 0.3 is 5.97 Å². The van der Waals surface area contributed by atoms with Gasteiger partial charge in [-0.1, -0.05) is 12.1 Å². The second kappa shape index (κ2) is 7.97. The number of carbonyl (C=O) groups is 2. The molecule has 0 aromatic heterocycles. The lowest BCUT2D eigenvalue weighted by Crippen LogP contribution is -2.05. The van der Waals surface area contributed by atoms with Crippen LogP contribution >= 0.6 is 0 Å². The van der Waals surface area contributed by atoms with Crippen molar-refractivity contribution in [3.05, 3.63) is 59.7 Å². The monoisotopic (exact) mass is 326 g/mol. The average molecular weight is 326 g/mol. The fourth-order valence-corrected chi connectivity index (χ4v) is 2.02. The van der Waals surface area contributed by atoms with Crippen LogP contribution in [0.3, 0.4) is 0 Å². The Kier molecular flexibility index (Phi) is 5.73. The lowest BCUT2D eigenvalue weighted by Gasteiger charge is -2.09. The summed E-state index contributed by atoms with van der Waals surface area (Å²) >= 11 is 0. The van der Waals surface area contributed by atoms with E-state index in [0.29, 0.717) is 17.1 Å². The maximum absolute atomic E-state index is 12.0. The first kappa shape index (κ1) is 17.3. The molecule has 2 rings (SSSR count). The molecule has 124 valence electrons. The number of benzene rings is 2. The molecule has 0 spiro atoms. The zero-order valence-corrected chi connectivity index (χ0v) is 13.7. The Hall–Kier alpha value is -3.08. The lowest BCUT2D eigenvalue weighted by atomic mass is 10.1. The van der Waals surface area contributed by atoms with Gasteiger partial charge in [-0.2, -0.15) is 0 Å². The van der Waals surface area contributed by atoms with Crippen molar-refractivity contribution in [2.75, 3.05) is 14.2 Å². The maximum Gasteiger partial charge on any atom is 0.336 e. The van der Waals surface area contributed by atoms with Crippen LogP contribution in [0.1, 0.15) is 22.8 Å². The standard InChI is InChI=1S/C19H18O5/c1-13(20)15-8-9-17(18(12-15)23-3)24-19(21)10-7-14-5-4-6-16(11-14)22-2/h4-12H,1-3H3/b10-7+. The zero-order chi connectivity index (χ0) is 17.5. The number of rotatable bonds is 6. The molecule has 0 aliphatic carbocycles. The van der Waals surface area contributed by atoms with Crippen molar-refractivity contribution < 1.29 is 23.8 Å². The highest BCUT2D eigenvalue weighted by atomic mass is 16.6. The number of ether oxygens (including phenoxy) is 3. The summed E-state index contributed by atoms with van der Waals surface area (Å²) in [5, 5.41) is 0. The Balaban J connectivity index is 2.11. The Bertz CT molecular complexity index is 777. The van der Waals surface area contributed by atoms with Crippen LogP contribution in [0.2, 0.25) is 0 Å². The normalized spacial score (nSPS) is 10.5. The van der Waals surface area contributed by atoms with Crippen LogP contribution in [-0.4, -0.2) is 26.0 Å². The highest BCUT2D eigenvalue weighted by Gasteiger charge is 2.10. The molecule has 0 saturated carbocycles. The van der Waals surface area contributed by atoms with E-state index in [4.69, 9.17) is 14.2 Å². The van der Waals surface area contributed by atoms with Crippen LogP contribution in [0.4, 0.5) is 0 Å². The number of ketones is 1. The van der Waals surface area contributed by atoms with Crippen molar-refractivity contribution in [3.8, 4) is 17.2 Å². The van der Waals surface area contributed by atoms with Gasteiger partial charge in [0.25, 0.3) is 0 Å². The topological polar surface area (TPSA) is 61.8 Å². The largest absolute Gasteiger partial charge is 0.497 e. The molecule has 0 amide bonds. The van der Waals surface area contributed by atoms with Gasteiger partial charge in [-0.3, -0.25) is 4.79 Å². The minimum Gasteiger partial charge on any atom is -0.497 e. The summed E-state index contributed by atoms with van der Waals surface area (Å²) in [6, 6.07) is 11.9. The van der Waals surface area contributed by atoms with Crippen molar-refractivity contribution in [2.24, 2.45) is 0 Å². The van der Waals surface area contributed by atoms with E-state index in [2.05, 4.69) is 0 Å². The Morgan fingerprint density at radius 2 is 1.75 bits per heavy atom. The summed E-state index contributed by atoms with van der Waals surface area (Å²) in [6.45, 7) is 1.46. The van der Waals surface area contributed by atoms with Gasteiger partial charge in [-0.25, -0.2) is 4.79 Å². The first-order valence-corrected chi connectivity index (χ1v) is 7.26. The molecule has 5 heteroatoms. The third-order valence-electron chi connectivity index (χ3n) is 3.29. The second-order valence-electron chi connectivity index (χ2n) is 4.95. The van der Waals surface area contributed by atoms with Gasteiger partial charge in [0.05, 0.1) is 14.2 Å². The molecular formula is C19H18O5. The Morgan fingerprint density at radius 3 is 2.42 bits per heavy atom. The fraction of sp³-hybridized carbons (Fsp3) is 0.158. The smallest absolute Gasteiger partial charge is 0.336 e. The first-order valence-electron chi connectivity index (χ1n) is 7.26. The lowest BCUT2D eigenvalue weighted by molar-refractivity contribution is -0.129. The molecule has 0 unspecified atom stereocenters. The van der Waals surface area contributed by atoms with Gasteiger partial charge < -0.3 is 14.2 Å². The average Bonchev–Trinajstić information content (AvgIpc) is 2.60. The van der Waals surface area contributed by atoms with Crippen molar-refractivity contribution in [1.29, 1.82) is 0 Å². The summed E-state index contributed by atoms with van der Waals surface area (Å²) in [5.74, 6) is 0.636. The number of hydrogen-bond donors (Lipinski definition) is 0. The number of methoxy groups -OCH3 is 2. The number of esters is 1. The van der Waals surface area contributed by atoms with Crippen molar-refractivity contribution in [3.63, 3.8) is 0 Å². The van der Waals surface area contributed by atoms with Crippen molar-refractivity contribution in [1.82, 2.24) is 0 Å². The Morgan fingerprint density at radius 1 is 0.958 bits per heavy atom. The number of hydrogen-bond acceptors (Lipinski definition) is 5. The van der Waals surface area contributed by atoms with Gasteiger partial charge in [0.1, 0.15) is 5.75 Å². The van der Waals surface area contributed by atoms with Crippen LogP contribution in [-0.2, 0) is 4.79 Å². The van der Waals surface area contributed by atoms with E-state index < -0.39 is 5.97 Å². The minimum absolute atomic E-state index is 0.0934. The summed E-state index contributed by atoms with van der Waals surface area (Å²) in [7, 11) is 3.02. The molecule has 24 heavy (non-hydrogen) atoms. The van der Waals surface area contributed by atoms with Crippen molar-refractivity contribution in [2.45, 2.75) is 6.92 Å². The summed E-state index contributed by atoms with van der Waals surface area (Å²) < 4.78 is 15.5. The van der Waals surface area contributed by atoms with Crippen LogP contribution < -0.4 is 14.2 Å². The van der Waals surface area contributed by atoms with Gasteiger partial charge in [0.15, 0.2) is 17.3 Å². The van der Waals surface area contributed by atoms with Crippen LogP contribution in [0.15, 0.2) is 48.5 Å². The molecule has 0 aliphatic rings. The van der Waals surface area contributed by atoms with Gasteiger partial charge in [0.2, 0.25) is 0 Å². The van der Waals surface area contributed by atoms with E-state index in [-0.39, 0.29) is 11.5 Å². The molecule has 0 N–H and O–H groups in total. The molecule has 0 heterocycles. The highest BCUT2D eigenvalue weighted by Crippen LogP contribution is 2.28. The summed E-state index contributed by atoms with van der Waals surface area (Å²) in [6.07, 6.45) is 2.94. The van der Waals surface area contributed by atoms with Gasteiger partial charge in [-0.15, -0.1) is 0 Å². The van der Waals surface area contributed by atoms with Crippen LogP contribution in [0.5, 0.6) is 17.2 Å². The van der Waals surface area contributed by atoms with E-state index in [1.165, 1.54) is 32.2 Å². The maximum atomic E-state index is 12.0. The molecule has 0 atom stereocenters. The molecule has 0 radical (unpaired) electrons. The SMILES string of the molecule is COc1cccc(/C=C/C(=O)Oc2ccc(C(C)=O)cc2OC)c1. The van der Waals surface area contributed by atoms with E-state index in [1.807, 2.05) is 18.2 Å². The quantitative estimate of drug-likeness (QED) is 0.352. The molecule has 0 fully saturated rings. The molecule has 2 aromatic rings. The summed E-state index contributed by atoms with van der Waals surface area (Å²) in [4.78, 5) is 23.3. The first-order chi connectivity index (χ1) is 11.5. The molecule has 0 bridgehead atoms. The van der Waals surface area contributed by atoms with E-state index in [0.717, 1.165) is 5.56 Å². The third kappa shape index (κ3) is 4.46. The van der Waals surface area contributed by atoms with Crippen molar-refractivity contribution >= 4 is 17.8 Å².